The minimum Gasteiger partial charge on any atom is -0.266 e. The second-order valence-electron chi connectivity index (χ2n) is 3.27. The Hall–Kier alpha value is -0.320. The van der Waals surface area contributed by atoms with Crippen molar-refractivity contribution in [3.05, 3.63) is 0 Å². The summed E-state index contributed by atoms with van der Waals surface area (Å²) in [5.74, 6) is -0.0678. The average molecular weight is 226 g/mol. The van der Waals surface area contributed by atoms with Crippen molar-refractivity contribution in [2.75, 3.05) is 0 Å². The van der Waals surface area contributed by atoms with E-state index in [0.29, 0.717) is 6.42 Å². The van der Waals surface area contributed by atoms with Gasteiger partial charge in [0.15, 0.2) is 0 Å². The van der Waals surface area contributed by atoms with Crippen LogP contribution in [0.4, 0.5) is 0 Å². The summed E-state index contributed by atoms with van der Waals surface area (Å²) < 4.78 is 0. The van der Waals surface area contributed by atoms with Gasteiger partial charge in [-0.15, -0.1) is 0 Å². The zero-order valence-electron chi connectivity index (χ0n) is 8.94. The standard InChI is InChI=1S/C7H18N2O6/c1-4-5(2)7(15-9(12)13)6(3)14-8(10)11/h5-7,10-13H,4H2,1-3H3/t5?,6-,7-/m1/s1. The molecule has 0 rings (SSSR count). The molecule has 3 atom stereocenters. The molecule has 0 saturated heterocycles. The first-order valence-corrected chi connectivity index (χ1v) is 4.57. The molecule has 0 aliphatic rings. The predicted molar refractivity (Wildman–Crippen MR) is 45.7 cm³/mol. The van der Waals surface area contributed by atoms with E-state index >= 15 is 0 Å². The lowest BCUT2D eigenvalue weighted by Crippen LogP contribution is -2.41. The van der Waals surface area contributed by atoms with Crippen molar-refractivity contribution in [3.8, 4) is 0 Å². The summed E-state index contributed by atoms with van der Waals surface area (Å²) in [4.78, 5) is 9.14. The summed E-state index contributed by atoms with van der Waals surface area (Å²) in [6.07, 6.45) is -0.799. The molecule has 8 heteroatoms. The molecule has 0 aromatic heterocycles. The molecule has 0 aromatic carbocycles. The van der Waals surface area contributed by atoms with Crippen molar-refractivity contribution < 1.29 is 30.5 Å². The zero-order valence-corrected chi connectivity index (χ0v) is 8.94. The van der Waals surface area contributed by atoms with Crippen molar-refractivity contribution in [1.82, 2.24) is 10.8 Å². The molecule has 92 valence electrons. The van der Waals surface area contributed by atoms with E-state index in [2.05, 4.69) is 9.68 Å². The summed E-state index contributed by atoms with van der Waals surface area (Å²) in [5.41, 5.74) is 0. The molecule has 0 fully saturated rings. The van der Waals surface area contributed by atoms with Crippen molar-refractivity contribution in [3.63, 3.8) is 0 Å². The fourth-order valence-electron chi connectivity index (χ4n) is 1.20. The lowest BCUT2D eigenvalue weighted by molar-refractivity contribution is -0.539. The van der Waals surface area contributed by atoms with Gasteiger partial charge in [0.1, 0.15) is 12.2 Å². The molecule has 4 N–H and O–H groups in total. The first kappa shape index (κ1) is 14.7. The van der Waals surface area contributed by atoms with Crippen LogP contribution in [-0.2, 0) is 9.68 Å². The highest BCUT2D eigenvalue weighted by molar-refractivity contribution is 4.70. The molecule has 0 amide bonds. The van der Waals surface area contributed by atoms with E-state index in [1.165, 1.54) is 6.92 Å². The lowest BCUT2D eigenvalue weighted by Gasteiger charge is -2.28. The van der Waals surface area contributed by atoms with Crippen LogP contribution in [0.15, 0.2) is 0 Å². The van der Waals surface area contributed by atoms with Crippen LogP contribution < -0.4 is 0 Å². The molecule has 15 heavy (non-hydrogen) atoms. The smallest absolute Gasteiger partial charge is 0.115 e. The first-order valence-electron chi connectivity index (χ1n) is 4.57. The Morgan fingerprint density at radius 1 is 1.00 bits per heavy atom. The van der Waals surface area contributed by atoms with Gasteiger partial charge in [-0.05, 0) is 12.8 Å². The maximum atomic E-state index is 8.52. The van der Waals surface area contributed by atoms with Gasteiger partial charge in [-0.3, -0.25) is 20.8 Å². The van der Waals surface area contributed by atoms with E-state index in [1.54, 1.807) is 6.92 Å². The third-order valence-electron chi connectivity index (χ3n) is 2.14. The molecule has 0 aliphatic heterocycles. The molecule has 0 aromatic rings. The van der Waals surface area contributed by atoms with Crippen LogP contribution in [-0.4, -0.2) is 43.8 Å². The Kier molecular flexibility index (Phi) is 6.89. The summed E-state index contributed by atoms with van der Waals surface area (Å²) in [5, 5.41) is 33.0. The van der Waals surface area contributed by atoms with Crippen molar-refractivity contribution >= 4 is 0 Å². The maximum absolute atomic E-state index is 8.52. The molecule has 0 radical (unpaired) electrons. The second kappa shape index (κ2) is 7.04. The van der Waals surface area contributed by atoms with Gasteiger partial charge in [0.25, 0.3) is 0 Å². The quantitative estimate of drug-likeness (QED) is 0.473. The molecular formula is C7H18N2O6. The van der Waals surface area contributed by atoms with Crippen LogP contribution in [0.1, 0.15) is 27.2 Å². The summed E-state index contributed by atoms with van der Waals surface area (Å²) in [6, 6.07) is 0. The molecule has 0 aliphatic carbocycles. The highest BCUT2D eigenvalue weighted by atomic mass is 17.1. The Bertz CT molecular complexity index is 168. The van der Waals surface area contributed by atoms with Gasteiger partial charge >= 0.3 is 0 Å². The summed E-state index contributed by atoms with van der Waals surface area (Å²) >= 11 is 0. The number of hydrogen-bond donors (Lipinski definition) is 4. The van der Waals surface area contributed by atoms with E-state index in [1.807, 2.05) is 6.92 Å². The molecule has 1 unspecified atom stereocenters. The maximum Gasteiger partial charge on any atom is 0.115 e. The molecule has 0 heterocycles. The van der Waals surface area contributed by atoms with E-state index in [0.717, 1.165) is 0 Å². The second-order valence-corrected chi connectivity index (χ2v) is 3.27. The Morgan fingerprint density at radius 2 is 1.47 bits per heavy atom. The van der Waals surface area contributed by atoms with Crippen molar-refractivity contribution in [2.24, 2.45) is 5.92 Å². The minimum atomic E-state index is -0.767. The Morgan fingerprint density at radius 3 is 1.80 bits per heavy atom. The van der Waals surface area contributed by atoms with Crippen molar-refractivity contribution in [1.29, 1.82) is 0 Å². The number of rotatable bonds is 7. The normalized spacial score (nSPS) is 18.2. The van der Waals surface area contributed by atoms with Crippen LogP contribution >= 0.6 is 0 Å². The van der Waals surface area contributed by atoms with Gasteiger partial charge in [-0.25, -0.2) is 9.68 Å². The fraction of sp³-hybridized carbons (Fsp3) is 1.00. The van der Waals surface area contributed by atoms with Gasteiger partial charge in [0.05, 0.1) is 10.8 Å². The SMILES string of the molecule is CCC(C)[C@@H](ON(O)O)[C@@H](C)ON(O)O. The monoisotopic (exact) mass is 226 g/mol. The fourth-order valence-corrected chi connectivity index (χ4v) is 1.20. The van der Waals surface area contributed by atoms with Gasteiger partial charge < -0.3 is 0 Å². The van der Waals surface area contributed by atoms with E-state index in [4.69, 9.17) is 20.8 Å². The van der Waals surface area contributed by atoms with Gasteiger partial charge in [0.2, 0.25) is 0 Å². The molecule has 8 nitrogen and oxygen atoms in total. The van der Waals surface area contributed by atoms with Gasteiger partial charge in [-0.2, -0.15) is 0 Å². The number of hydrogen-bond acceptors (Lipinski definition) is 8. The van der Waals surface area contributed by atoms with Gasteiger partial charge in [0, 0.05) is 0 Å². The lowest BCUT2D eigenvalue weighted by atomic mass is 9.98. The first-order chi connectivity index (χ1) is 6.88. The average Bonchev–Trinajstić information content (AvgIpc) is 2.11. The van der Waals surface area contributed by atoms with Crippen LogP contribution in [0, 0.1) is 5.92 Å². The summed E-state index contributed by atoms with van der Waals surface area (Å²) in [6.45, 7) is 5.18. The largest absolute Gasteiger partial charge is 0.266 e. The molecule has 0 saturated carbocycles. The van der Waals surface area contributed by atoms with Crippen LogP contribution in [0.25, 0.3) is 0 Å². The van der Waals surface area contributed by atoms with Gasteiger partial charge in [-0.1, -0.05) is 20.3 Å². The minimum absolute atomic E-state index is 0.0678. The van der Waals surface area contributed by atoms with Crippen LogP contribution in [0.5, 0.6) is 0 Å². The third-order valence-corrected chi connectivity index (χ3v) is 2.14. The van der Waals surface area contributed by atoms with E-state index in [9.17, 15) is 0 Å². The highest BCUT2D eigenvalue weighted by Gasteiger charge is 2.28. The molecule has 0 spiro atoms. The number of nitrogens with zero attached hydrogens (tertiary/aromatic N) is 2. The molecular weight excluding hydrogens is 208 g/mol. The predicted octanol–water partition coefficient (Wildman–Crippen LogP) is 0.814. The Balaban J connectivity index is 4.33. The Labute approximate surface area is 87.6 Å². The van der Waals surface area contributed by atoms with E-state index in [-0.39, 0.29) is 5.92 Å². The zero-order chi connectivity index (χ0) is 12.0. The summed E-state index contributed by atoms with van der Waals surface area (Å²) in [7, 11) is 0. The topological polar surface area (TPSA) is 106 Å². The van der Waals surface area contributed by atoms with Crippen LogP contribution in [0.3, 0.4) is 0 Å². The van der Waals surface area contributed by atoms with E-state index < -0.39 is 23.0 Å². The highest BCUT2D eigenvalue weighted by Crippen LogP contribution is 2.18. The van der Waals surface area contributed by atoms with Crippen LogP contribution in [0.2, 0.25) is 0 Å². The molecule has 0 bridgehead atoms. The third kappa shape index (κ3) is 5.97. The van der Waals surface area contributed by atoms with Crippen molar-refractivity contribution in [2.45, 2.75) is 39.4 Å².